The first-order valence-corrected chi connectivity index (χ1v) is 13.5. The lowest BCUT2D eigenvalue weighted by Crippen LogP contribution is -2.30. The summed E-state index contributed by atoms with van der Waals surface area (Å²) in [6, 6.07) is 24.2. The van der Waals surface area contributed by atoms with Crippen LogP contribution in [0.2, 0.25) is 0 Å². The molecule has 38 heavy (non-hydrogen) atoms. The third kappa shape index (κ3) is 8.66. The van der Waals surface area contributed by atoms with Crippen molar-refractivity contribution in [3.05, 3.63) is 95.1 Å². The first-order valence-electron chi connectivity index (χ1n) is 13.5. The van der Waals surface area contributed by atoms with E-state index in [-0.39, 0.29) is 28.9 Å². The zero-order valence-corrected chi connectivity index (χ0v) is 24.3. The van der Waals surface area contributed by atoms with Crippen LogP contribution in [0.5, 0.6) is 0 Å². The van der Waals surface area contributed by atoms with Crippen molar-refractivity contribution < 1.29 is 9.47 Å². The smallest absolute Gasteiger partial charge is 0.221 e. The molecule has 0 spiro atoms. The minimum atomic E-state index is -0.159. The van der Waals surface area contributed by atoms with Gasteiger partial charge in [-0.25, -0.2) is 0 Å². The molecule has 4 nitrogen and oxygen atoms in total. The van der Waals surface area contributed by atoms with E-state index >= 15 is 0 Å². The number of hydrogen-bond acceptors (Lipinski definition) is 4. The lowest BCUT2D eigenvalue weighted by Gasteiger charge is -2.29. The Kier molecular flexibility index (Phi) is 9.32. The van der Waals surface area contributed by atoms with E-state index in [0.717, 1.165) is 24.0 Å². The molecule has 0 saturated carbocycles. The Bertz CT molecular complexity index is 1210. The maximum absolute atomic E-state index is 8.35. The molecule has 0 aromatic heterocycles. The molecule has 3 aromatic rings. The highest BCUT2D eigenvalue weighted by Crippen LogP contribution is 2.25. The predicted molar refractivity (Wildman–Crippen MR) is 160 cm³/mol. The first kappa shape index (κ1) is 29.3. The van der Waals surface area contributed by atoms with Crippen molar-refractivity contribution in [3.63, 3.8) is 0 Å². The van der Waals surface area contributed by atoms with Gasteiger partial charge in [-0.15, -0.1) is 0 Å². The van der Waals surface area contributed by atoms with Gasteiger partial charge in [0.25, 0.3) is 0 Å². The van der Waals surface area contributed by atoms with E-state index in [1.165, 1.54) is 11.1 Å². The van der Waals surface area contributed by atoms with Gasteiger partial charge in [0.05, 0.1) is 11.7 Å². The molecule has 1 atom stereocenters. The minimum Gasteiger partial charge on any atom is -0.421 e. The van der Waals surface area contributed by atoms with E-state index in [2.05, 4.69) is 79.7 Å². The molecule has 3 aromatic carbocycles. The van der Waals surface area contributed by atoms with Crippen LogP contribution >= 0.6 is 0 Å². The number of nitrogens with one attached hydrogen (secondary N) is 2. The third-order valence-electron chi connectivity index (χ3n) is 6.37. The average molecular weight is 513 g/mol. The molecule has 4 heteroatoms. The standard InChI is InChI=1S/C34H44N2O2/c1-23(2)21-30(38-34(6,7)8)22-24-9-11-25(12-10-24)26-13-15-27(16-14-26)31(35)37-32(36)28-17-19-29(20-18-28)33(3,4)5/h9-20,23,30,35-36H,21-22H2,1-8H3. The molecule has 1 unspecified atom stereocenters. The maximum Gasteiger partial charge on any atom is 0.221 e. The summed E-state index contributed by atoms with van der Waals surface area (Å²) in [6.07, 6.45) is 2.13. The van der Waals surface area contributed by atoms with E-state index in [1.54, 1.807) is 0 Å². The molecular formula is C34H44N2O2. The van der Waals surface area contributed by atoms with Gasteiger partial charge >= 0.3 is 0 Å². The van der Waals surface area contributed by atoms with Gasteiger partial charge in [0.2, 0.25) is 11.8 Å². The molecule has 0 bridgehead atoms. The van der Waals surface area contributed by atoms with Crippen LogP contribution in [0.3, 0.4) is 0 Å². The Morgan fingerprint density at radius 3 is 1.55 bits per heavy atom. The Morgan fingerprint density at radius 1 is 0.684 bits per heavy atom. The summed E-state index contributed by atoms with van der Waals surface area (Å²) in [5.41, 5.74) is 5.84. The quantitative estimate of drug-likeness (QED) is 0.234. The fourth-order valence-electron chi connectivity index (χ4n) is 4.45. The minimum absolute atomic E-state index is 0.0265. The maximum atomic E-state index is 8.35. The van der Waals surface area contributed by atoms with E-state index in [9.17, 15) is 0 Å². The highest BCUT2D eigenvalue weighted by molar-refractivity contribution is 6.04. The zero-order chi connectivity index (χ0) is 28.1. The van der Waals surface area contributed by atoms with Crippen molar-refractivity contribution in [2.45, 2.75) is 85.4 Å². The molecule has 0 radical (unpaired) electrons. The molecule has 202 valence electrons. The summed E-state index contributed by atoms with van der Waals surface area (Å²) in [7, 11) is 0. The van der Waals surface area contributed by atoms with Gasteiger partial charge in [0.15, 0.2) is 0 Å². The molecule has 0 amide bonds. The van der Waals surface area contributed by atoms with E-state index in [4.69, 9.17) is 20.3 Å². The Morgan fingerprint density at radius 2 is 1.13 bits per heavy atom. The summed E-state index contributed by atoms with van der Waals surface area (Å²) in [5, 5.41) is 16.6. The van der Waals surface area contributed by atoms with Gasteiger partial charge in [-0.1, -0.05) is 83.1 Å². The topological polar surface area (TPSA) is 66.2 Å². The molecule has 0 saturated heterocycles. The van der Waals surface area contributed by atoms with E-state index in [0.29, 0.717) is 17.0 Å². The number of benzene rings is 3. The molecule has 0 heterocycles. The van der Waals surface area contributed by atoms with Crippen LogP contribution in [-0.4, -0.2) is 23.5 Å². The molecule has 3 rings (SSSR count). The average Bonchev–Trinajstić information content (AvgIpc) is 2.82. The van der Waals surface area contributed by atoms with Crippen LogP contribution in [0, 0.1) is 16.7 Å². The van der Waals surface area contributed by atoms with E-state index in [1.807, 2.05) is 48.5 Å². The van der Waals surface area contributed by atoms with Gasteiger partial charge in [0.1, 0.15) is 0 Å². The molecule has 0 fully saturated rings. The van der Waals surface area contributed by atoms with Crippen LogP contribution in [0.4, 0.5) is 0 Å². The Labute approximate surface area is 229 Å². The molecule has 0 aliphatic heterocycles. The molecule has 0 aliphatic rings. The van der Waals surface area contributed by atoms with Crippen molar-refractivity contribution in [3.8, 4) is 11.1 Å². The number of hydrogen-bond donors (Lipinski definition) is 2. The highest BCUT2D eigenvalue weighted by Gasteiger charge is 2.20. The molecule has 2 N–H and O–H groups in total. The summed E-state index contributed by atoms with van der Waals surface area (Å²) in [4.78, 5) is 0. The summed E-state index contributed by atoms with van der Waals surface area (Å²) in [5.74, 6) is 0.522. The van der Waals surface area contributed by atoms with Gasteiger partial charge in [-0.05, 0) is 91.5 Å². The van der Waals surface area contributed by atoms with E-state index < -0.39 is 0 Å². The Balaban J connectivity index is 1.63. The number of rotatable bonds is 8. The monoisotopic (exact) mass is 512 g/mol. The van der Waals surface area contributed by atoms with Crippen molar-refractivity contribution >= 4 is 11.8 Å². The van der Waals surface area contributed by atoms with Crippen molar-refractivity contribution in [2.75, 3.05) is 0 Å². The zero-order valence-electron chi connectivity index (χ0n) is 24.3. The summed E-state index contributed by atoms with van der Waals surface area (Å²) < 4.78 is 11.9. The molecular weight excluding hydrogens is 468 g/mol. The van der Waals surface area contributed by atoms with Crippen molar-refractivity contribution in [1.29, 1.82) is 10.8 Å². The summed E-state index contributed by atoms with van der Waals surface area (Å²) in [6.45, 7) is 17.3. The normalized spacial score (nSPS) is 12.9. The first-order chi connectivity index (χ1) is 17.7. The van der Waals surface area contributed by atoms with Crippen molar-refractivity contribution in [1.82, 2.24) is 0 Å². The molecule has 0 aliphatic carbocycles. The fourth-order valence-corrected chi connectivity index (χ4v) is 4.45. The van der Waals surface area contributed by atoms with Crippen molar-refractivity contribution in [2.24, 2.45) is 5.92 Å². The van der Waals surface area contributed by atoms with Gasteiger partial charge < -0.3 is 9.47 Å². The highest BCUT2D eigenvalue weighted by atomic mass is 16.5. The fraction of sp³-hybridized carbons (Fsp3) is 0.412. The van der Waals surface area contributed by atoms with Crippen LogP contribution in [0.15, 0.2) is 72.8 Å². The van der Waals surface area contributed by atoms with Gasteiger partial charge in [-0.2, -0.15) is 0 Å². The SMILES string of the molecule is CC(C)CC(Cc1ccc(-c2ccc(C(=N)OC(=N)c3ccc(C(C)(C)C)cc3)cc2)cc1)OC(C)(C)C. The predicted octanol–water partition coefficient (Wildman–Crippen LogP) is 8.79. The third-order valence-corrected chi connectivity index (χ3v) is 6.37. The lowest BCUT2D eigenvalue weighted by atomic mass is 9.87. The van der Waals surface area contributed by atoms with Crippen LogP contribution in [0.25, 0.3) is 11.1 Å². The second-order valence-corrected chi connectivity index (χ2v) is 12.5. The Hall–Kier alpha value is -3.24. The number of ether oxygens (including phenoxy) is 2. The van der Waals surface area contributed by atoms with Crippen LogP contribution < -0.4 is 0 Å². The van der Waals surface area contributed by atoms with Crippen LogP contribution in [-0.2, 0) is 21.3 Å². The largest absolute Gasteiger partial charge is 0.421 e. The summed E-state index contributed by atoms with van der Waals surface area (Å²) >= 11 is 0. The van der Waals surface area contributed by atoms with Gasteiger partial charge in [0, 0.05) is 11.1 Å². The second-order valence-electron chi connectivity index (χ2n) is 12.5. The van der Waals surface area contributed by atoms with Gasteiger partial charge in [-0.3, -0.25) is 10.8 Å². The second kappa shape index (κ2) is 12.1. The lowest BCUT2D eigenvalue weighted by molar-refractivity contribution is -0.0667. The van der Waals surface area contributed by atoms with Crippen LogP contribution in [0.1, 0.15) is 84.1 Å².